The molecule has 6 nitrogen and oxygen atoms in total. The van der Waals surface area contributed by atoms with Crippen LogP contribution in [0, 0.1) is 5.82 Å². The van der Waals surface area contributed by atoms with Crippen molar-refractivity contribution in [1.29, 1.82) is 0 Å². The minimum atomic E-state index is -0.253. The van der Waals surface area contributed by atoms with Gasteiger partial charge in [0.25, 0.3) is 5.91 Å². The topological polar surface area (TPSA) is 66.5 Å². The Bertz CT molecular complexity index is 718. The Labute approximate surface area is 152 Å². The first-order valence-electron chi connectivity index (χ1n) is 8.74. The maximum absolute atomic E-state index is 13.6. The molecule has 1 amide bonds. The van der Waals surface area contributed by atoms with E-state index in [0.717, 1.165) is 32.8 Å². The molecule has 0 atom stereocenters. The molecule has 1 saturated heterocycles. The Morgan fingerprint density at radius 3 is 2.73 bits per heavy atom. The Morgan fingerprint density at radius 2 is 2.00 bits per heavy atom. The first kappa shape index (κ1) is 18.3. The molecule has 0 bridgehead atoms. The molecule has 2 N–H and O–H groups in total. The molecule has 138 valence electrons. The van der Waals surface area contributed by atoms with Crippen LogP contribution in [0.15, 0.2) is 42.6 Å². The first-order chi connectivity index (χ1) is 12.7. The van der Waals surface area contributed by atoms with Crippen LogP contribution in [0.1, 0.15) is 15.9 Å². The van der Waals surface area contributed by atoms with Gasteiger partial charge in [0.1, 0.15) is 11.6 Å². The molecule has 1 aromatic heterocycles. The van der Waals surface area contributed by atoms with E-state index in [-0.39, 0.29) is 11.7 Å². The summed E-state index contributed by atoms with van der Waals surface area (Å²) in [7, 11) is 0. The molecule has 0 aliphatic carbocycles. The van der Waals surface area contributed by atoms with Crippen LogP contribution in [0.3, 0.4) is 0 Å². The zero-order chi connectivity index (χ0) is 18.2. The monoisotopic (exact) mass is 358 g/mol. The van der Waals surface area contributed by atoms with Crippen molar-refractivity contribution in [1.82, 2.24) is 15.2 Å². The van der Waals surface area contributed by atoms with Crippen LogP contribution >= 0.6 is 0 Å². The molecule has 1 aliphatic rings. The number of carbonyl (C=O) groups excluding carboxylic acids is 1. The van der Waals surface area contributed by atoms with Crippen molar-refractivity contribution in [3.05, 3.63) is 59.5 Å². The maximum Gasteiger partial charge on any atom is 0.252 e. The number of ether oxygens (including phenoxy) is 1. The van der Waals surface area contributed by atoms with Gasteiger partial charge in [-0.2, -0.15) is 0 Å². The highest BCUT2D eigenvalue weighted by molar-refractivity contribution is 5.94. The van der Waals surface area contributed by atoms with E-state index in [9.17, 15) is 9.18 Å². The third-order valence-corrected chi connectivity index (χ3v) is 4.26. The summed E-state index contributed by atoms with van der Waals surface area (Å²) in [6.07, 6.45) is 1.52. The smallest absolute Gasteiger partial charge is 0.252 e. The summed E-state index contributed by atoms with van der Waals surface area (Å²) >= 11 is 0. The molecule has 1 fully saturated rings. The molecular weight excluding hydrogens is 335 g/mol. The number of halogens is 1. The highest BCUT2D eigenvalue weighted by atomic mass is 19.1. The lowest BCUT2D eigenvalue weighted by atomic mass is 10.2. The van der Waals surface area contributed by atoms with Gasteiger partial charge in [-0.15, -0.1) is 0 Å². The van der Waals surface area contributed by atoms with Gasteiger partial charge in [0.2, 0.25) is 0 Å². The standard InChI is InChI=1S/C19H23FN4O2/c20-17-4-2-1-3-15(17)13-22-18-6-5-16(14-23-18)19(25)21-7-8-24-9-11-26-12-10-24/h1-6,14H,7-13H2,(H,21,25)(H,22,23). The van der Waals surface area contributed by atoms with Crippen LogP contribution in [0.2, 0.25) is 0 Å². The lowest BCUT2D eigenvalue weighted by molar-refractivity contribution is 0.0383. The SMILES string of the molecule is O=C(NCCN1CCOCC1)c1ccc(NCc2ccccc2F)nc1. The number of hydrogen-bond donors (Lipinski definition) is 2. The Balaban J connectivity index is 1.44. The lowest BCUT2D eigenvalue weighted by Crippen LogP contribution is -2.41. The van der Waals surface area contributed by atoms with Gasteiger partial charge >= 0.3 is 0 Å². The number of aromatic nitrogens is 1. The summed E-state index contributed by atoms with van der Waals surface area (Å²) in [6, 6.07) is 10.0. The van der Waals surface area contributed by atoms with E-state index in [4.69, 9.17) is 4.74 Å². The van der Waals surface area contributed by atoms with E-state index in [1.807, 2.05) is 0 Å². The van der Waals surface area contributed by atoms with Crippen LogP contribution in [0.4, 0.5) is 10.2 Å². The van der Waals surface area contributed by atoms with Crippen molar-refractivity contribution < 1.29 is 13.9 Å². The number of carbonyl (C=O) groups is 1. The second-order valence-electron chi connectivity index (χ2n) is 6.09. The zero-order valence-electron chi connectivity index (χ0n) is 14.6. The number of amides is 1. The summed E-state index contributed by atoms with van der Waals surface area (Å²) in [6.45, 7) is 5.04. The van der Waals surface area contributed by atoms with Crippen LogP contribution in [-0.2, 0) is 11.3 Å². The van der Waals surface area contributed by atoms with Gasteiger partial charge < -0.3 is 15.4 Å². The van der Waals surface area contributed by atoms with Crippen LogP contribution in [-0.4, -0.2) is 55.2 Å². The quantitative estimate of drug-likeness (QED) is 0.791. The second-order valence-corrected chi connectivity index (χ2v) is 6.09. The van der Waals surface area contributed by atoms with E-state index in [0.29, 0.717) is 30.0 Å². The van der Waals surface area contributed by atoms with Gasteiger partial charge in [-0.05, 0) is 18.2 Å². The van der Waals surface area contributed by atoms with E-state index < -0.39 is 0 Å². The Kier molecular flexibility index (Phi) is 6.51. The zero-order valence-corrected chi connectivity index (χ0v) is 14.6. The van der Waals surface area contributed by atoms with Crippen molar-refractivity contribution in [3.8, 4) is 0 Å². The number of anilines is 1. The Morgan fingerprint density at radius 1 is 1.19 bits per heavy atom. The molecule has 3 rings (SSSR count). The summed E-state index contributed by atoms with van der Waals surface area (Å²) in [5.41, 5.74) is 1.07. The highest BCUT2D eigenvalue weighted by Gasteiger charge is 2.11. The van der Waals surface area contributed by atoms with Crippen molar-refractivity contribution in [2.75, 3.05) is 44.7 Å². The predicted octanol–water partition coefficient (Wildman–Crippen LogP) is 1.89. The molecular formula is C19H23FN4O2. The number of pyridine rings is 1. The molecule has 0 saturated carbocycles. The van der Waals surface area contributed by atoms with E-state index >= 15 is 0 Å². The van der Waals surface area contributed by atoms with Gasteiger partial charge in [-0.3, -0.25) is 9.69 Å². The fraction of sp³-hybridized carbons (Fsp3) is 0.368. The molecule has 2 aromatic rings. The van der Waals surface area contributed by atoms with E-state index in [1.165, 1.54) is 12.3 Å². The van der Waals surface area contributed by atoms with Crippen molar-refractivity contribution in [2.24, 2.45) is 0 Å². The number of benzene rings is 1. The predicted molar refractivity (Wildman–Crippen MR) is 97.6 cm³/mol. The number of nitrogens with one attached hydrogen (secondary N) is 2. The van der Waals surface area contributed by atoms with Crippen molar-refractivity contribution in [3.63, 3.8) is 0 Å². The van der Waals surface area contributed by atoms with E-state index in [1.54, 1.807) is 30.3 Å². The average molecular weight is 358 g/mol. The van der Waals surface area contributed by atoms with E-state index in [2.05, 4.69) is 20.5 Å². The molecule has 2 heterocycles. The lowest BCUT2D eigenvalue weighted by Gasteiger charge is -2.26. The van der Waals surface area contributed by atoms with Crippen LogP contribution in [0.5, 0.6) is 0 Å². The van der Waals surface area contributed by atoms with Crippen molar-refractivity contribution >= 4 is 11.7 Å². The van der Waals surface area contributed by atoms with Crippen molar-refractivity contribution in [2.45, 2.75) is 6.54 Å². The fourth-order valence-corrected chi connectivity index (χ4v) is 2.71. The minimum absolute atomic E-state index is 0.147. The normalized spacial score (nSPS) is 14.8. The molecule has 1 aliphatic heterocycles. The van der Waals surface area contributed by atoms with Crippen LogP contribution < -0.4 is 10.6 Å². The van der Waals surface area contributed by atoms with Gasteiger partial charge in [0.15, 0.2) is 0 Å². The summed E-state index contributed by atoms with van der Waals surface area (Å²) in [5.74, 6) is 0.195. The number of nitrogens with zero attached hydrogens (tertiary/aromatic N) is 2. The number of rotatable bonds is 7. The summed E-state index contributed by atoms with van der Waals surface area (Å²) in [5, 5.41) is 5.95. The molecule has 26 heavy (non-hydrogen) atoms. The first-order valence-corrected chi connectivity index (χ1v) is 8.74. The summed E-state index contributed by atoms with van der Waals surface area (Å²) in [4.78, 5) is 18.6. The molecule has 0 unspecified atom stereocenters. The third kappa shape index (κ3) is 5.24. The largest absolute Gasteiger partial charge is 0.379 e. The van der Waals surface area contributed by atoms with Gasteiger partial charge in [0, 0.05) is 44.5 Å². The molecule has 1 aromatic carbocycles. The minimum Gasteiger partial charge on any atom is -0.379 e. The van der Waals surface area contributed by atoms with Gasteiger partial charge in [-0.25, -0.2) is 9.37 Å². The fourth-order valence-electron chi connectivity index (χ4n) is 2.71. The number of hydrogen-bond acceptors (Lipinski definition) is 5. The number of morpholine rings is 1. The van der Waals surface area contributed by atoms with Crippen LogP contribution in [0.25, 0.3) is 0 Å². The third-order valence-electron chi connectivity index (χ3n) is 4.26. The molecule has 0 spiro atoms. The average Bonchev–Trinajstić information content (AvgIpc) is 2.68. The molecule has 7 heteroatoms. The molecule has 0 radical (unpaired) electrons. The van der Waals surface area contributed by atoms with Gasteiger partial charge in [-0.1, -0.05) is 18.2 Å². The second kappa shape index (κ2) is 9.26. The van der Waals surface area contributed by atoms with Gasteiger partial charge in [0.05, 0.1) is 18.8 Å². The maximum atomic E-state index is 13.6. The Hall–Kier alpha value is -2.51. The summed E-state index contributed by atoms with van der Waals surface area (Å²) < 4.78 is 18.9. The highest BCUT2D eigenvalue weighted by Crippen LogP contribution is 2.10.